The SMILES string of the molecule is COc1ccc(Cl)cc1N=C(Nc1ccccc1)n1sc(C)cc1=N. The number of para-hydroxylation sites is 1. The molecule has 128 valence electrons. The van der Waals surface area contributed by atoms with E-state index in [2.05, 4.69) is 10.3 Å². The summed E-state index contributed by atoms with van der Waals surface area (Å²) in [5.74, 6) is 1.12. The zero-order valence-electron chi connectivity index (χ0n) is 13.8. The highest BCUT2D eigenvalue weighted by atomic mass is 35.5. The second-order valence-corrected chi connectivity index (χ2v) is 6.90. The molecule has 2 aromatic carbocycles. The van der Waals surface area contributed by atoms with Gasteiger partial charge in [0.05, 0.1) is 7.11 Å². The Labute approximate surface area is 154 Å². The minimum atomic E-state index is 0.352. The quantitative estimate of drug-likeness (QED) is 0.519. The van der Waals surface area contributed by atoms with E-state index in [1.54, 1.807) is 35.3 Å². The second kappa shape index (κ2) is 7.55. The van der Waals surface area contributed by atoms with Gasteiger partial charge in [-0.1, -0.05) is 41.3 Å². The molecule has 0 saturated carbocycles. The lowest BCUT2D eigenvalue weighted by Gasteiger charge is -2.12. The Morgan fingerprint density at radius 3 is 2.60 bits per heavy atom. The van der Waals surface area contributed by atoms with Crippen LogP contribution in [0.2, 0.25) is 5.02 Å². The van der Waals surface area contributed by atoms with Crippen LogP contribution in [0.1, 0.15) is 4.88 Å². The Balaban J connectivity index is 2.12. The standard InChI is InChI=1S/C18H17ClN4OS/c1-12-10-17(20)23(25-12)18(21-14-6-4-3-5-7-14)22-15-11-13(19)8-9-16(15)24-2/h3-11,20H,1-2H3,(H,21,22). The fourth-order valence-corrected chi connectivity index (χ4v) is 3.21. The number of anilines is 1. The molecule has 7 heteroatoms. The molecule has 0 aliphatic carbocycles. The molecule has 5 nitrogen and oxygen atoms in total. The highest BCUT2D eigenvalue weighted by Crippen LogP contribution is 2.30. The smallest absolute Gasteiger partial charge is 0.223 e. The summed E-state index contributed by atoms with van der Waals surface area (Å²) in [4.78, 5) is 5.70. The Hall–Kier alpha value is -2.57. The Kier molecular flexibility index (Phi) is 5.21. The minimum absolute atomic E-state index is 0.352. The van der Waals surface area contributed by atoms with Crippen LogP contribution in [0.5, 0.6) is 5.75 Å². The van der Waals surface area contributed by atoms with Gasteiger partial charge in [-0.3, -0.25) is 5.41 Å². The van der Waals surface area contributed by atoms with Crippen LogP contribution >= 0.6 is 23.1 Å². The first-order valence-electron chi connectivity index (χ1n) is 7.56. The molecule has 0 amide bonds. The third-order valence-corrected chi connectivity index (χ3v) is 4.58. The van der Waals surface area contributed by atoms with Gasteiger partial charge in [0, 0.05) is 15.6 Å². The van der Waals surface area contributed by atoms with Gasteiger partial charge in [0.25, 0.3) is 0 Å². The average Bonchev–Trinajstić information content (AvgIpc) is 2.94. The maximum atomic E-state index is 8.19. The number of rotatable bonds is 3. The van der Waals surface area contributed by atoms with Gasteiger partial charge in [-0.05, 0) is 43.3 Å². The van der Waals surface area contributed by atoms with Crippen molar-refractivity contribution in [2.24, 2.45) is 4.99 Å². The van der Waals surface area contributed by atoms with Gasteiger partial charge < -0.3 is 10.1 Å². The maximum Gasteiger partial charge on any atom is 0.223 e. The number of nitrogens with zero attached hydrogens (tertiary/aromatic N) is 2. The van der Waals surface area contributed by atoms with E-state index in [1.165, 1.54) is 11.5 Å². The summed E-state index contributed by atoms with van der Waals surface area (Å²) >= 11 is 7.55. The van der Waals surface area contributed by atoms with Crippen molar-refractivity contribution in [3.8, 4) is 5.75 Å². The van der Waals surface area contributed by atoms with Crippen LogP contribution in [0, 0.1) is 12.3 Å². The van der Waals surface area contributed by atoms with Crippen molar-refractivity contribution >= 4 is 40.5 Å². The van der Waals surface area contributed by atoms with Crippen molar-refractivity contribution in [2.75, 3.05) is 12.4 Å². The predicted molar refractivity (Wildman–Crippen MR) is 103 cm³/mol. The molecule has 3 aromatic rings. The van der Waals surface area contributed by atoms with E-state index in [4.69, 9.17) is 21.7 Å². The lowest BCUT2D eigenvalue weighted by Crippen LogP contribution is -2.28. The van der Waals surface area contributed by atoms with E-state index in [0.717, 1.165) is 10.6 Å². The summed E-state index contributed by atoms with van der Waals surface area (Å²) in [5, 5.41) is 12.0. The number of aryl methyl sites for hydroxylation is 1. The van der Waals surface area contributed by atoms with Crippen molar-refractivity contribution in [3.63, 3.8) is 0 Å². The van der Waals surface area contributed by atoms with Crippen LogP contribution in [0.4, 0.5) is 11.4 Å². The van der Waals surface area contributed by atoms with E-state index in [-0.39, 0.29) is 0 Å². The first-order valence-corrected chi connectivity index (χ1v) is 8.71. The molecule has 0 spiro atoms. The molecule has 0 bridgehead atoms. The largest absolute Gasteiger partial charge is 0.494 e. The van der Waals surface area contributed by atoms with Gasteiger partial charge in [-0.25, -0.2) is 8.95 Å². The molecule has 1 aromatic heterocycles. The van der Waals surface area contributed by atoms with E-state index in [1.807, 2.05) is 37.3 Å². The molecule has 3 rings (SSSR count). The van der Waals surface area contributed by atoms with Gasteiger partial charge in [-0.2, -0.15) is 0 Å². The molecule has 0 aliphatic heterocycles. The zero-order valence-corrected chi connectivity index (χ0v) is 15.4. The number of nitrogens with one attached hydrogen (secondary N) is 2. The van der Waals surface area contributed by atoms with Crippen molar-refractivity contribution in [1.82, 2.24) is 3.96 Å². The summed E-state index contributed by atoms with van der Waals surface area (Å²) in [6, 6.07) is 16.7. The third-order valence-electron chi connectivity index (χ3n) is 3.38. The highest BCUT2D eigenvalue weighted by Gasteiger charge is 2.10. The number of halogens is 1. The van der Waals surface area contributed by atoms with Gasteiger partial charge in [0.15, 0.2) is 0 Å². The van der Waals surface area contributed by atoms with Gasteiger partial charge in [-0.15, -0.1) is 0 Å². The second-order valence-electron chi connectivity index (χ2n) is 5.27. The van der Waals surface area contributed by atoms with E-state index in [0.29, 0.717) is 27.9 Å². The highest BCUT2D eigenvalue weighted by molar-refractivity contribution is 7.07. The molecule has 25 heavy (non-hydrogen) atoms. The number of hydrogen-bond acceptors (Lipinski definition) is 4. The van der Waals surface area contributed by atoms with Crippen LogP contribution in [0.25, 0.3) is 0 Å². The van der Waals surface area contributed by atoms with Crippen LogP contribution in [0.15, 0.2) is 59.6 Å². The van der Waals surface area contributed by atoms with Gasteiger partial charge in [0.2, 0.25) is 5.96 Å². The topological polar surface area (TPSA) is 62.4 Å². The number of aliphatic imine (C=N–C) groups is 1. The van der Waals surface area contributed by atoms with Crippen molar-refractivity contribution in [3.05, 3.63) is 70.0 Å². The normalized spacial score (nSPS) is 11.4. The molecule has 0 unspecified atom stereocenters. The fourth-order valence-electron chi connectivity index (χ4n) is 2.27. The van der Waals surface area contributed by atoms with Crippen LogP contribution in [-0.4, -0.2) is 17.0 Å². The van der Waals surface area contributed by atoms with Crippen molar-refractivity contribution in [2.45, 2.75) is 6.92 Å². The van der Waals surface area contributed by atoms with Gasteiger partial charge in [0.1, 0.15) is 16.9 Å². The lowest BCUT2D eigenvalue weighted by molar-refractivity contribution is 0.416. The molecule has 0 atom stereocenters. The monoisotopic (exact) mass is 372 g/mol. The Bertz CT molecular complexity index is 963. The Morgan fingerprint density at radius 2 is 1.96 bits per heavy atom. The number of methoxy groups -OCH3 is 1. The number of benzene rings is 2. The molecule has 0 aliphatic rings. The Morgan fingerprint density at radius 1 is 1.20 bits per heavy atom. The molecule has 1 heterocycles. The fraction of sp³-hybridized carbons (Fsp3) is 0.111. The van der Waals surface area contributed by atoms with Gasteiger partial charge >= 0.3 is 0 Å². The maximum absolute atomic E-state index is 8.19. The summed E-state index contributed by atoms with van der Waals surface area (Å²) in [6.07, 6.45) is 0. The molecule has 2 N–H and O–H groups in total. The molecule has 0 saturated heterocycles. The van der Waals surface area contributed by atoms with E-state index in [9.17, 15) is 0 Å². The van der Waals surface area contributed by atoms with E-state index < -0.39 is 0 Å². The summed E-state index contributed by atoms with van der Waals surface area (Å²) in [6.45, 7) is 1.96. The number of aromatic nitrogens is 1. The first-order chi connectivity index (χ1) is 12.1. The average molecular weight is 373 g/mol. The summed E-state index contributed by atoms with van der Waals surface area (Å²) in [7, 11) is 1.59. The van der Waals surface area contributed by atoms with Crippen LogP contribution < -0.4 is 15.5 Å². The molecule has 0 radical (unpaired) electrons. The predicted octanol–water partition coefficient (Wildman–Crippen LogP) is 4.65. The zero-order chi connectivity index (χ0) is 17.8. The number of ether oxygens (including phenoxy) is 1. The molecule has 0 fully saturated rings. The minimum Gasteiger partial charge on any atom is -0.494 e. The summed E-state index contributed by atoms with van der Waals surface area (Å²) in [5.41, 5.74) is 1.82. The first kappa shape index (κ1) is 17.3. The van der Waals surface area contributed by atoms with Crippen molar-refractivity contribution < 1.29 is 4.74 Å². The third kappa shape index (κ3) is 4.10. The van der Waals surface area contributed by atoms with E-state index >= 15 is 0 Å². The lowest BCUT2D eigenvalue weighted by atomic mass is 10.3. The van der Waals surface area contributed by atoms with Crippen LogP contribution in [0.3, 0.4) is 0 Å². The van der Waals surface area contributed by atoms with Crippen LogP contribution in [-0.2, 0) is 0 Å². The van der Waals surface area contributed by atoms with Crippen molar-refractivity contribution in [1.29, 1.82) is 5.41 Å². The molecular weight excluding hydrogens is 356 g/mol. The summed E-state index contributed by atoms with van der Waals surface area (Å²) < 4.78 is 7.10. The number of hydrogen-bond donors (Lipinski definition) is 2. The molecular formula is C18H17ClN4OS.